The molecule has 0 aromatic heterocycles. The molecule has 0 fully saturated rings. The largest absolute Gasteiger partial charge is 0.585 e. The van der Waals surface area contributed by atoms with Gasteiger partial charge in [0, 0.05) is 32.8 Å². The monoisotopic (exact) mass is 1120 g/mol. The van der Waals surface area contributed by atoms with E-state index < -0.39 is 147 Å². The van der Waals surface area contributed by atoms with Crippen LogP contribution in [0.4, 0.5) is 149 Å². The Balaban J connectivity index is 7.69. The SMILES string of the molecule is CO[Si](OCC(F)(F)C(F)(F)C(F)(F)C(F)(F)C(F)(F)C(F)(F)C(F)(F)CCC(F)(F)F)(OC(Cl)(Cl)Cl)C(F)(F)C(F)(F)C(F)(F)C(F)(F)C(F)(F)C(F)(F)C(F)(F)CCC(F)(F)F. The molecular weight excluding hydrogens is 1100 g/mol. The summed E-state index contributed by atoms with van der Waals surface area (Å²) in [5.41, 5.74) is -8.52. The van der Waals surface area contributed by atoms with Crippen LogP contribution in [0.5, 0.6) is 0 Å². The second kappa shape index (κ2) is 17.2. The summed E-state index contributed by atoms with van der Waals surface area (Å²) in [4.78, 5) is 0. The van der Waals surface area contributed by atoms with E-state index in [9.17, 15) is 140 Å². The van der Waals surface area contributed by atoms with Crippen molar-refractivity contribution in [1.29, 1.82) is 0 Å². The van der Waals surface area contributed by atoms with Crippen molar-refractivity contribution in [2.75, 3.05) is 13.7 Å². The zero-order valence-corrected chi connectivity index (χ0v) is 32.0. The third-order valence-corrected chi connectivity index (χ3v) is 11.1. The molecule has 3 nitrogen and oxygen atoms in total. The Hall–Kier alpha value is -1.41. The maximum atomic E-state index is 15.3. The maximum Gasteiger partial charge on any atom is 0.585 e. The molecule has 0 N–H and O–H groups in total. The molecule has 0 saturated heterocycles. The van der Waals surface area contributed by atoms with Crippen LogP contribution < -0.4 is 0 Å². The lowest BCUT2D eigenvalue weighted by Crippen LogP contribution is -2.78. The number of alkyl halides is 37. The van der Waals surface area contributed by atoms with Crippen LogP contribution in [0.25, 0.3) is 0 Å². The van der Waals surface area contributed by atoms with Crippen molar-refractivity contribution < 1.29 is 163 Å². The normalized spacial score (nSPS) is 17.5. The van der Waals surface area contributed by atoms with Gasteiger partial charge in [0.05, 0.1) is 0 Å². The number of rotatable bonds is 22. The van der Waals surface area contributed by atoms with Gasteiger partial charge in [-0.3, -0.25) is 0 Å². The van der Waals surface area contributed by atoms with Crippen molar-refractivity contribution in [3.63, 3.8) is 0 Å². The van der Waals surface area contributed by atoms with Gasteiger partial charge in [-0.1, -0.05) is 34.8 Å². The molecule has 0 saturated carbocycles. The van der Waals surface area contributed by atoms with Crippen LogP contribution in [0.15, 0.2) is 0 Å². The summed E-state index contributed by atoms with van der Waals surface area (Å²) >= 11 is 13.8. The lowest BCUT2D eigenvalue weighted by atomic mass is 9.88. The van der Waals surface area contributed by atoms with E-state index in [-0.39, 0.29) is 0 Å². The van der Waals surface area contributed by atoms with Gasteiger partial charge in [-0.05, 0) is 0 Å². The molecule has 1 unspecified atom stereocenters. The molecule has 1 atom stereocenters. The second-order valence-electron chi connectivity index (χ2n) is 12.3. The molecule has 0 amide bonds. The predicted octanol–water partition coefficient (Wildman–Crippen LogP) is 14.1. The third-order valence-electron chi connectivity index (χ3n) is 7.72. The van der Waals surface area contributed by atoms with E-state index in [1.165, 1.54) is 0 Å². The molecule has 0 rings (SSSR count). The Kier molecular flexibility index (Phi) is 16.8. The van der Waals surface area contributed by atoms with Crippen LogP contribution in [-0.2, 0) is 13.3 Å². The fraction of sp³-hybridized carbons (Fsp3) is 1.00. The Bertz CT molecular complexity index is 1600. The Morgan fingerprint density at radius 1 is 0.328 bits per heavy atom. The number of hydrogen-bond donors (Lipinski definition) is 0. The van der Waals surface area contributed by atoms with Crippen LogP contribution >= 0.6 is 34.8 Å². The lowest BCUT2D eigenvalue weighted by Gasteiger charge is -2.46. The summed E-state index contributed by atoms with van der Waals surface area (Å²) in [5, 5.41) is 0. The van der Waals surface area contributed by atoms with Crippen LogP contribution in [0.2, 0.25) is 0 Å². The molecule has 41 heteroatoms. The van der Waals surface area contributed by atoms with Crippen LogP contribution in [0.3, 0.4) is 0 Å². The zero-order chi connectivity index (χ0) is 52.7. The first-order valence-electron chi connectivity index (χ1n) is 14.5. The summed E-state index contributed by atoms with van der Waals surface area (Å²) in [6, 6.07) is 0. The molecular formula is C23H13Cl3F34O3Si. The van der Waals surface area contributed by atoms with Gasteiger partial charge in [0.25, 0.3) is 3.98 Å². The average molecular weight is 1120 g/mol. The minimum atomic E-state index is -9.37. The topological polar surface area (TPSA) is 27.7 Å². The standard InChI is InChI=1S/C23H13Cl3F34O3Si/c1-61-64(63-23(24,25)26,22(59,60)21(57,58)20(55,56)19(53,54)16(47,48)13(41,42)8(29,30)3-5-11(36,37)38)62-6-9(31,32)14(43,44)17(49,50)18(51,52)15(45,46)12(39,40)7(27,28)2-4-10(33,34)35/h2-6H2,1H3. The van der Waals surface area contributed by atoms with Gasteiger partial charge < -0.3 is 13.3 Å². The second-order valence-corrected chi connectivity index (χ2v) is 17.1. The number of hydrogen-bond acceptors (Lipinski definition) is 3. The van der Waals surface area contributed by atoms with Gasteiger partial charge >= 0.3 is 104 Å². The molecule has 0 aliphatic rings. The summed E-state index contributed by atoms with van der Waals surface area (Å²) in [6.45, 7) is -4.95. The van der Waals surface area contributed by atoms with E-state index in [1.54, 1.807) is 0 Å². The van der Waals surface area contributed by atoms with E-state index in [1.807, 2.05) is 0 Å². The molecule has 0 radical (unpaired) electrons. The fourth-order valence-corrected chi connectivity index (χ4v) is 6.97. The molecule has 0 aliphatic carbocycles. The first-order chi connectivity index (χ1) is 27.1. The molecule has 386 valence electrons. The van der Waals surface area contributed by atoms with Crippen LogP contribution in [0.1, 0.15) is 25.7 Å². The predicted molar refractivity (Wildman–Crippen MR) is 140 cm³/mol. The Labute approximate surface area is 344 Å². The van der Waals surface area contributed by atoms with Crippen LogP contribution in [-0.4, -0.2) is 121 Å². The summed E-state index contributed by atoms with van der Waals surface area (Å²) < 4.78 is 476. The number of halogens is 37. The van der Waals surface area contributed by atoms with Gasteiger partial charge in [-0.15, -0.1) is 0 Å². The Morgan fingerprint density at radius 2 is 0.562 bits per heavy atom. The fourth-order valence-electron chi connectivity index (χ4n) is 4.01. The van der Waals surface area contributed by atoms with E-state index in [2.05, 4.69) is 48.1 Å². The van der Waals surface area contributed by atoms with E-state index in [4.69, 9.17) is 0 Å². The molecule has 0 bridgehead atoms. The smallest absolute Gasteiger partial charge is 0.373 e. The van der Waals surface area contributed by atoms with E-state index >= 15 is 8.78 Å². The minimum absolute atomic E-state index is 1.03. The van der Waals surface area contributed by atoms with Crippen molar-refractivity contribution in [3.8, 4) is 0 Å². The minimum Gasteiger partial charge on any atom is -0.373 e. The van der Waals surface area contributed by atoms with E-state index in [0.717, 1.165) is 0 Å². The van der Waals surface area contributed by atoms with E-state index in [0.29, 0.717) is 0 Å². The molecule has 64 heavy (non-hydrogen) atoms. The molecule has 0 heterocycles. The van der Waals surface area contributed by atoms with Crippen molar-refractivity contribution in [2.24, 2.45) is 0 Å². The van der Waals surface area contributed by atoms with Crippen LogP contribution in [0, 0.1) is 0 Å². The summed E-state index contributed by atoms with van der Waals surface area (Å²) in [5.74, 6) is -113. The van der Waals surface area contributed by atoms with Gasteiger partial charge in [-0.25, -0.2) is 0 Å². The molecule has 0 aromatic carbocycles. The highest BCUT2D eigenvalue weighted by molar-refractivity contribution is 6.72. The summed E-state index contributed by atoms with van der Waals surface area (Å²) in [6.07, 6.45) is -26.8. The quantitative estimate of drug-likeness (QED) is 0.0614. The molecule has 0 spiro atoms. The first-order valence-corrected chi connectivity index (χ1v) is 17.4. The first kappa shape index (κ1) is 62.6. The molecule has 0 aromatic rings. The summed E-state index contributed by atoms with van der Waals surface area (Å²) in [7, 11) is -10.3. The molecule has 0 aliphatic heterocycles. The van der Waals surface area contributed by atoms with Crippen molar-refractivity contribution in [3.05, 3.63) is 0 Å². The highest BCUT2D eigenvalue weighted by Crippen LogP contribution is 2.66. The van der Waals surface area contributed by atoms with Gasteiger partial charge in [-0.2, -0.15) is 149 Å². The highest BCUT2D eigenvalue weighted by atomic mass is 35.6. The van der Waals surface area contributed by atoms with Gasteiger partial charge in [0.1, 0.15) is 6.61 Å². The Morgan fingerprint density at radius 3 is 0.797 bits per heavy atom. The zero-order valence-electron chi connectivity index (χ0n) is 28.7. The van der Waals surface area contributed by atoms with Gasteiger partial charge in [0.15, 0.2) is 0 Å². The van der Waals surface area contributed by atoms with Crippen molar-refractivity contribution in [1.82, 2.24) is 0 Å². The highest BCUT2D eigenvalue weighted by Gasteiger charge is 2.97. The lowest BCUT2D eigenvalue weighted by molar-refractivity contribution is -0.444. The maximum absolute atomic E-state index is 15.3. The average Bonchev–Trinajstić information content (AvgIpc) is 3.06. The third kappa shape index (κ3) is 10.1. The van der Waals surface area contributed by atoms with Crippen molar-refractivity contribution in [2.45, 2.75) is 125 Å². The van der Waals surface area contributed by atoms with Gasteiger partial charge in [0.2, 0.25) is 0 Å². The van der Waals surface area contributed by atoms with Crippen molar-refractivity contribution >= 4 is 43.6 Å².